The van der Waals surface area contributed by atoms with Crippen molar-refractivity contribution in [2.24, 2.45) is 5.92 Å². The Morgan fingerprint density at radius 1 is 0.791 bits per heavy atom. The lowest BCUT2D eigenvalue weighted by atomic mass is 9.87. The molecule has 3 nitrogen and oxygen atoms in total. The van der Waals surface area contributed by atoms with Gasteiger partial charge in [-0.2, -0.15) is 23.5 Å². The van der Waals surface area contributed by atoms with Gasteiger partial charge in [0.1, 0.15) is 0 Å². The van der Waals surface area contributed by atoms with E-state index in [1.165, 1.54) is 117 Å². The molecule has 0 fully saturated rings. The standard InChI is InChI=1S/C38H68O3S2/c1-34(2)20-18-21-35(3)22-19-23-36-24-26-37(27-25-36)38(40)41-29-13-7-11-17-33-43-31-15-9-5-4-8-14-30-42-32-16-10-6-12-28-39/h20,22,24,37,39H,4-19,21,23,25-33H2,1-3H3/b35-22+. The summed E-state index contributed by atoms with van der Waals surface area (Å²) in [5, 5.41) is 8.79. The molecule has 1 unspecified atom stereocenters. The summed E-state index contributed by atoms with van der Waals surface area (Å²) in [5.41, 5.74) is 4.42. The first-order chi connectivity index (χ1) is 21.0. The van der Waals surface area contributed by atoms with Gasteiger partial charge >= 0.3 is 5.97 Å². The number of hydrogen-bond donors (Lipinski definition) is 1. The van der Waals surface area contributed by atoms with E-state index >= 15 is 0 Å². The van der Waals surface area contributed by atoms with Crippen molar-refractivity contribution in [2.45, 2.75) is 156 Å². The van der Waals surface area contributed by atoms with Gasteiger partial charge in [0.2, 0.25) is 0 Å². The van der Waals surface area contributed by atoms with E-state index in [0.717, 1.165) is 57.8 Å². The van der Waals surface area contributed by atoms with Gasteiger partial charge in [-0.1, -0.05) is 86.3 Å². The number of carbonyl (C=O) groups excluding carboxylic acids is 1. The normalized spacial score (nSPS) is 15.4. The number of carbonyl (C=O) groups is 1. The summed E-state index contributed by atoms with van der Waals surface area (Å²) in [6.07, 6.45) is 32.3. The molecule has 0 bridgehead atoms. The molecular formula is C38H68O3S2. The topological polar surface area (TPSA) is 46.5 Å². The number of thioether (sulfide) groups is 2. The zero-order valence-electron chi connectivity index (χ0n) is 28.5. The van der Waals surface area contributed by atoms with Gasteiger partial charge in [-0.25, -0.2) is 0 Å². The number of esters is 1. The van der Waals surface area contributed by atoms with Gasteiger partial charge in [0, 0.05) is 6.61 Å². The van der Waals surface area contributed by atoms with Gasteiger partial charge in [-0.15, -0.1) is 0 Å². The minimum atomic E-state index is 0.0287. The number of unbranched alkanes of at least 4 members (excludes halogenated alkanes) is 11. The Bertz CT molecular complexity index is 754. The van der Waals surface area contributed by atoms with Crippen LogP contribution in [0.3, 0.4) is 0 Å². The van der Waals surface area contributed by atoms with Crippen LogP contribution in [0.25, 0.3) is 0 Å². The fourth-order valence-electron chi connectivity index (χ4n) is 5.46. The Balaban J connectivity index is 1.85. The number of ether oxygens (including phenoxy) is 1. The van der Waals surface area contributed by atoms with Gasteiger partial charge in [0.15, 0.2) is 0 Å². The second kappa shape index (κ2) is 30.0. The molecule has 0 aromatic heterocycles. The summed E-state index contributed by atoms with van der Waals surface area (Å²) < 4.78 is 5.63. The highest BCUT2D eigenvalue weighted by Crippen LogP contribution is 2.28. The zero-order valence-corrected chi connectivity index (χ0v) is 30.1. The van der Waals surface area contributed by atoms with Crippen LogP contribution in [0.2, 0.25) is 0 Å². The molecule has 0 saturated heterocycles. The minimum Gasteiger partial charge on any atom is -0.465 e. The Kier molecular flexibility index (Phi) is 28.2. The Labute approximate surface area is 275 Å². The summed E-state index contributed by atoms with van der Waals surface area (Å²) in [7, 11) is 0. The van der Waals surface area contributed by atoms with Crippen molar-refractivity contribution in [1.29, 1.82) is 0 Å². The van der Waals surface area contributed by atoms with Crippen molar-refractivity contribution in [2.75, 3.05) is 36.2 Å². The Hall–Kier alpha value is -0.650. The SMILES string of the molecule is CC(C)=CCC/C(C)=C/CCC1=CCC(C(=O)OCCCCCCSCCCCCCCCSCCCCCCO)CC1. The van der Waals surface area contributed by atoms with E-state index in [1.54, 1.807) is 0 Å². The van der Waals surface area contributed by atoms with Crippen LogP contribution in [0.5, 0.6) is 0 Å². The summed E-state index contributed by atoms with van der Waals surface area (Å²) in [5.74, 6) is 5.32. The lowest BCUT2D eigenvalue weighted by Crippen LogP contribution is -2.20. The van der Waals surface area contributed by atoms with Crippen molar-refractivity contribution >= 4 is 29.5 Å². The van der Waals surface area contributed by atoms with Gasteiger partial charge in [0.25, 0.3) is 0 Å². The van der Waals surface area contributed by atoms with Gasteiger partial charge in [-0.05, 0) is 127 Å². The molecule has 0 amide bonds. The molecule has 0 aromatic carbocycles. The van der Waals surface area contributed by atoms with E-state index in [0.29, 0.717) is 13.2 Å². The first-order valence-corrected chi connectivity index (χ1v) is 20.2. The molecule has 1 N–H and O–H groups in total. The first kappa shape index (κ1) is 40.4. The molecule has 5 heteroatoms. The maximum absolute atomic E-state index is 12.5. The average molecular weight is 637 g/mol. The molecule has 1 aliphatic carbocycles. The number of aliphatic hydroxyl groups excluding tert-OH is 1. The van der Waals surface area contributed by atoms with E-state index in [-0.39, 0.29) is 11.9 Å². The highest BCUT2D eigenvalue weighted by Gasteiger charge is 2.22. The lowest BCUT2D eigenvalue weighted by molar-refractivity contribution is -0.149. The number of aliphatic hydroxyl groups is 1. The lowest BCUT2D eigenvalue weighted by Gasteiger charge is -2.20. The Morgan fingerprint density at radius 2 is 1.35 bits per heavy atom. The largest absolute Gasteiger partial charge is 0.465 e. The monoisotopic (exact) mass is 636 g/mol. The minimum absolute atomic E-state index is 0.0287. The van der Waals surface area contributed by atoms with Crippen molar-refractivity contribution in [3.05, 3.63) is 34.9 Å². The zero-order chi connectivity index (χ0) is 31.2. The van der Waals surface area contributed by atoms with E-state index in [4.69, 9.17) is 9.84 Å². The fourth-order valence-corrected chi connectivity index (χ4v) is 7.50. The smallest absolute Gasteiger partial charge is 0.309 e. The molecule has 0 aliphatic heterocycles. The van der Waals surface area contributed by atoms with Gasteiger partial charge in [0.05, 0.1) is 12.5 Å². The number of allylic oxidation sites excluding steroid dienone is 6. The van der Waals surface area contributed by atoms with Crippen molar-refractivity contribution in [3.63, 3.8) is 0 Å². The average Bonchev–Trinajstić information content (AvgIpc) is 2.99. The highest BCUT2D eigenvalue weighted by molar-refractivity contribution is 7.99. The molecule has 1 aliphatic rings. The molecule has 250 valence electrons. The predicted molar refractivity (Wildman–Crippen MR) is 194 cm³/mol. The van der Waals surface area contributed by atoms with Crippen molar-refractivity contribution < 1.29 is 14.6 Å². The maximum atomic E-state index is 12.5. The van der Waals surface area contributed by atoms with Crippen LogP contribution in [0.15, 0.2) is 34.9 Å². The van der Waals surface area contributed by atoms with Crippen LogP contribution in [0, 0.1) is 5.92 Å². The van der Waals surface area contributed by atoms with Gasteiger partial charge in [-0.3, -0.25) is 4.79 Å². The maximum Gasteiger partial charge on any atom is 0.309 e. The molecule has 0 saturated carbocycles. The molecule has 0 radical (unpaired) electrons. The van der Waals surface area contributed by atoms with Gasteiger partial charge < -0.3 is 9.84 Å². The predicted octanol–water partition coefficient (Wildman–Crippen LogP) is 11.6. The van der Waals surface area contributed by atoms with Crippen LogP contribution in [-0.4, -0.2) is 47.3 Å². The fraction of sp³-hybridized carbons (Fsp3) is 0.816. The molecule has 43 heavy (non-hydrogen) atoms. The van der Waals surface area contributed by atoms with E-state index in [1.807, 2.05) is 0 Å². The van der Waals surface area contributed by atoms with Crippen LogP contribution in [0.4, 0.5) is 0 Å². The summed E-state index contributed by atoms with van der Waals surface area (Å²) in [4.78, 5) is 12.5. The molecule has 0 heterocycles. The molecule has 1 rings (SSSR count). The van der Waals surface area contributed by atoms with Crippen LogP contribution < -0.4 is 0 Å². The quantitative estimate of drug-likeness (QED) is 0.0503. The second-order valence-electron chi connectivity index (χ2n) is 12.8. The van der Waals surface area contributed by atoms with Crippen LogP contribution in [0.1, 0.15) is 156 Å². The number of hydrogen-bond acceptors (Lipinski definition) is 5. The van der Waals surface area contributed by atoms with E-state index in [2.05, 4.69) is 62.5 Å². The molecule has 1 atom stereocenters. The Morgan fingerprint density at radius 3 is 1.88 bits per heavy atom. The molecular weight excluding hydrogens is 569 g/mol. The van der Waals surface area contributed by atoms with Crippen molar-refractivity contribution in [3.8, 4) is 0 Å². The van der Waals surface area contributed by atoms with E-state index < -0.39 is 0 Å². The van der Waals surface area contributed by atoms with Crippen LogP contribution >= 0.6 is 23.5 Å². The second-order valence-corrected chi connectivity index (χ2v) is 15.3. The van der Waals surface area contributed by atoms with Crippen LogP contribution in [-0.2, 0) is 9.53 Å². The third kappa shape index (κ3) is 26.3. The molecule has 0 spiro atoms. The summed E-state index contributed by atoms with van der Waals surface area (Å²) in [6.45, 7) is 7.52. The van der Waals surface area contributed by atoms with E-state index in [9.17, 15) is 4.79 Å². The summed E-state index contributed by atoms with van der Waals surface area (Å²) in [6, 6.07) is 0. The summed E-state index contributed by atoms with van der Waals surface area (Å²) >= 11 is 4.24. The third-order valence-electron chi connectivity index (χ3n) is 8.34. The van der Waals surface area contributed by atoms with Crippen molar-refractivity contribution in [1.82, 2.24) is 0 Å². The third-order valence-corrected chi connectivity index (χ3v) is 10.6. The molecule has 0 aromatic rings. The first-order valence-electron chi connectivity index (χ1n) is 17.9. The number of rotatable bonds is 29. The highest BCUT2D eigenvalue weighted by atomic mass is 32.2.